The Morgan fingerprint density at radius 3 is 2.55 bits per heavy atom. The van der Waals surface area contributed by atoms with Gasteiger partial charge in [0.05, 0.1) is 9.50 Å². The molecule has 0 heterocycles. The van der Waals surface area contributed by atoms with Crippen molar-refractivity contribution in [1.29, 1.82) is 0 Å². The molecule has 5 heteroatoms. The molecule has 2 aromatic rings. The average Bonchev–Trinajstić information content (AvgIpc) is 2.36. The summed E-state index contributed by atoms with van der Waals surface area (Å²) in [4.78, 5) is 0. The first-order chi connectivity index (χ1) is 9.45. The van der Waals surface area contributed by atoms with Crippen LogP contribution in [0.5, 0.6) is 11.5 Å². The fraction of sp³-hybridized carbons (Fsp3) is 0.200. The number of halogens is 3. The van der Waals surface area contributed by atoms with Crippen LogP contribution in [-0.4, -0.2) is 6.04 Å². The molecule has 2 N–H and O–H groups in total. The lowest BCUT2D eigenvalue weighted by atomic mass is 10.1. The molecule has 0 spiro atoms. The van der Waals surface area contributed by atoms with Gasteiger partial charge in [0, 0.05) is 10.5 Å². The summed E-state index contributed by atoms with van der Waals surface area (Å²) in [6, 6.07) is 11.6. The van der Waals surface area contributed by atoms with Gasteiger partial charge in [0.1, 0.15) is 11.5 Å². The van der Waals surface area contributed by atoms with Crippen molar-refractivity contribution in [2.24, 2.45) is 5.73 Å². The van der Waals surface area contributed by atoms with Crippen molar-refractivity contribution in [2.45, 2.75) is 19.4 Å². The van der Waals surface area contributed by atoms with E-state index in [-0.39, 0.29) is 6.04 Å². The molecular formula is C15H14Br2ClNO. The first-order valence-electron chi connectivity index (χ1n) is 6.12. The highest BCUT2D eigenvalue weighted by Crippen LogP contribution is 2.35. The molecule has 0 aromatic heterocycles. The van der Waals surface area contributed by atoms with Crippen LogP contribution in [0.25, 0.3) is 0 Å². The summed E-state index contributed by atoms with van der Waals surface area (Å²) in [6.45, 7) is 1.99. The highest BCUT2D eigenvalue weighted by atomic mass is 79.9. The van der Waals surface area contributed by atoms with Crippen molar-refractivity contribution in [2.75, 3.05) is 0 Å². The second-order valence-electron chi connectivity index (χ2n) is 4.62. The summed E-state index contributed by atoms with van der Waals surface area (Å²) >= 11 is 13.0. The molecule has 1 unspecified atom stereocenters. The van der Waals surface area contributed by atoms with E-state index in [1.54, 1.807) is 6.07 Å². The molecule has 0 radical (unpaired) electrons. The summed E-state index contributed by atoms with van der Waals surface area (Å²) in [5.74, 6) is 1.33. The summed E-state index contributed by atoms with van der Waals surface area (Å²) in [5.41, 5.74) is 6.97. The van der Waals surface area contributed by atoms with Gasteiger partial charge in [0.2, 0.25) is 0 Å². The van der Waals surface area contributed by atoms with Gasteiger partial charge in [-0.15, -0.1) is 0 Å². The SMILES string of the molecule is CC(N)Cc1ccc(Oc2cc(Br)ccc2Cl)c(Br)c1. The van der Waals surface area contributed by atoms with Crippen LogP contribution in [0.4, 0.5) is 0 Å². The largest absolute Gasteiger partial charge is 0.455 e. The molecule has 2 rings (SSSR count). The van der Waals surface area contributed by atoms with Gasteiger partial charge in [-0.1, -0.05) is 33.6 Å². The van der Waals surface area contributed by atoms with E-state index < -0.39 is 0 Å². The van der Waals surface area contributed by atoms with Gasteiger partial charge in [0.15, 0.2) is 0 Å². The van der Waals surface area contributed by atoms with E-state index >= 15 is 0 Å². The first kappa shape index (κ1) is 15.8. The molecule has 0 fully saturated rings. The monoisotopic (exact) mass is 417 g/mol. The van der Waals surface area contributed by atoms with Crippen LogP contribution in [-0.2, 0) is 6.42 Å². The second-order valence-corrected chi connectivity index (χ2v) is 6.80. The fourth-order valence-electron chi connectivity index (χ4n) is 1.80. The Morgan fingerprint density at radius 1 is 1.15 bits per heavy atom. The van der Waals surface area contributed by atoms with Crippen LogP contribution in [0.2, 0.25) is 5.02 Å². The van der Waals surface area contributed by atoms with Crippen molar-refractivity contribution in [3.05, 3.63) is 55.9 Å². The highest BCUT2D eigenvalue weighted by Gasteiger charge is 2.08. The molecule has 106 valence electrons. The van der Waals surface area contributed by atoms with Gasteiger partial charge in [0.25, 0.3) is 0 Å². The first-order valence-corrected chi connectivity index (χ1v) is 8.09. The maximum atomic E-state index is 6.12. The molecular weight excluding hydrogens is 405 g/mol. The standard InChI is InChI=1S/C15H14Br2ClNO/c1-9(19)6-10-2-5-14(12(17)7-10)20-15-8-11(16)3-4-13(15)18/h2-5,7-9H,6,19H2,1H3. The molecule has 0 aliphatic carbocycles. The van der Waals surface area contributed by atoms with E-state index in [2.05, 4.69) is 31.9 Å². The molecule has 0 bridgehead atoms. The lowest BCUT2D eigenvalue weighted by Crippen LogP contribution is -2.17. The number of hydrogen-bond acceptors (Lipinski definition) is 2. The lowest BCUT2D eigenvalue weighted by molar-refractivity contribution is 0.479. The van der Waals surface area contributed by atoms with Crippen LogP contribution in [0, 0.1) is 0 Å². The smallest absolute Gasteiger partial charge is 0.147 e. The highest BCUT2D eigenvalue weighted by molar-refractivity contribution is 9.10. The lowest BCUT2D eigenvalue weighted by Gasteiger charge is -2.12. The van der Waals surface area contributed by atoms with E-state index in [1.165, 1.54) is 5.56 Å². The minimum absolute atomic E-state index is 0.133. The van der Waals surface area contributed by atoms with Crippen LogP contribution >= 0.6 is 43.5 Å². The van der Waals surface area contributed by atoms with E-state index in [0.717, 1.165) is 21.1 Å². The summed E-state index contributed by atoms with van der Waals surface area (Å²) in [7, 11) is 0. The third-order valence-corrected chi connectivity index (χ3v) is 4.09. The molecule has 20 heavy (non-hydrogen) atoms. The molecule has 0 amide bonds. The minimum atomic E-state index is 0.133. The molecule has 2 nitrogen and oxygen atoms in total. The third kappa shape index (κ3) is 4.22. The molecule has 0 aliphatic heterocycles. The van der Waals surface area contributed by atoms with Gasteiger partial charge in [-0.2, -0.15) is 0 Å². The average molecular weight is 420 g/mol. The number of nitrogens with two attached hydrogens (primary N) is 1. The predicted molar refractivity (Wildman–Crippen MR) is 90.7 cm³/mol. The Labute approximate surface area is 140 Å². The molecule has 0 saturated carbocycles. The zero-order valence-corrected chi connectivity index (χ0v) is 14.8. The van der Waals surface area contributed by atoms with Gasteiger partial charge in [-0.25, -0.2) is 0 Å². The summed E-state index contributed by atoms with van der Waals surface area (Å²) < 4.78 is 7.64. The minimum Gasteiger partial charge on any atom is -0.455 e. The van der Waals surface area contributed by atoms with Gasteiger partial charge in [-0.05, 0) is 65.2 Å². The number of benzene rings is 2. The molecule has 2 aromatic carbocycles. The van der Waals surface area contributed by atoms with Gasteiger partial charge in [-0.3, -0.25) is 0 Å². The maximum absolute atomic E-state index is 6.12. The Balaban J connectivity index is 2.23. The van der Waals surface area contributed by atoms with Crippen molar-refractivity contribution in [3.63, 3.8) is 0 Å². The second kappa shape index (κ2) is 6.94. The molecule has 1 atom stereocenters. The fourth-order valence-corrected chi connectivity index (χ4v) is 2.80. The van der Waals surface area contributed by atoms with Crippen molar-refractivity contribution in [1.82, 2.24) is 0 Å². The Hall–Kier alpha value is -0.550. The number of hydrogen-bond donors (Lipinski definition) is 1. The predicted octanol–water partition coefficient (Wildman–Crippen LogP) is 5.55. The van der Waals surface area contributed by atoms with Crippen molar-refractivity contribution in [3.8, 4) is 11.5 Å². The van der Waals surface area contributed by atoms with Crippen LogP contribution in [0.1, 0.15) is 12.5 Å². The van der Waals surface area contributed by atoms with E-state index in [9.17, 15) is 0 Å². The Kier molecular flexibility index (Phi) is 5.49. The van der Waals surface area contributed by atoms with Gasteiger partial charge < -0.3 is 10.5 Å². The van der Waals surface area contributed by atoms with E-state index in [1.807, 2.05) is 37.3 Å². The maximum Gasteiger partial charge on any atom is 0.147 e. The molecule has 0 aliphatic rings. The Bertz CT molecular complexity index is 617. The zero-order chi connectivity index (χ0) is 14.7. The summed E-state index contributed by atoms with van der Waals surface area (Å²) in [5, 5.41) is 0.569. The Morgan fingerprint density at radius 2 is 1.90 bits per heavy atom. The number of rotatable bonds is 4. The number of ether oxygens (including phenoxy) is 1. The summed E-state index contributed by atoms with van der Waals surface area (Å²) in [6.07, 6.45) is 0.830. The topological polar surface area (TPSA) is 35.2 Å². The van der Waals surface area contributed by atoms with Crippen molar-refractivity contribution >= 4 is 43.5 Å². The third-order valence-electron chi connectivity index (χ3n) is 2.67. The van der Waals surface area contributed by atoms with Crippen LogP contribution in [0.3, 0.4) is 0 Å². The van der Waals surface area contributed by atoms with Crippen LogP contribution < -0.4 is 10.5 Å². The van der Waals surface area contributed by atoms with E-state index in [0.29, 0.717) is 10.8 Å². The quantitative estimate of drug-likeness (QED) is 0.705. The van der Waals surface area contributed by atoms with Gasteiger partial charge >= 0.3 is 0 Å². The normalized spacial score (nSPS) is 12.2. The van der Waals surface area contributed by atoms with Crippen LogP contribution in [0.15, 0.2) is 45.3 Å². The zero-order valence-electron chi connectivity index (χ0n) is 10.9. The molecule has 0 saturated heterocycles. The van der Waals surface area contributed by atoms with Crippen molar-refractivity contribution < 1.29 is 4.74 Å². The van der Waals surface area contributed by atoms with E-state index in [4.69, 9.17) is 22.1 Å².